The van der Waals surface area contributed by atoms with E-state index in [0.717, 1.165) is 76.2 Å². The molecule has 0 aromatic carbocycles. The summed E-state index contributed by atoms with van der Waals surface area (Å²) < 4.78 is 90.6. The number of hydrogen-bond acceptors (Lipinski definition) is 27. The molecule has 3 aliphatic rings. The van der Waals surface area contributed by atoms with E-state index in [9.17, 15) is 52.7 Å². The molecule has 3 saturated heterocycles. The lowest BCUT2D eigenvalue weighted by Gasteiger charge is -2.50. The summed E-state index contributed by atoms with van der Waals surface area (Å²) in [6.45, 7) is 8.49. The highest BCUT2D eigenvalue weighted by atomic mass is 16.8. The van der Waals surface area contributed by atoms with Gasteiger partial charge < -0.3 is 75.8 Å². The molecule has 0 aromatic rings. The number of carbonyl (C=O) groups excluding carboxylic acids is 11. The molecule has 0 unspecified atom stereocenters. The van der Waals surface area contributed by atoms with Gasteiger partial charge in [0.05, 0.1) is 0 Å². The number of carbonyl (C=O) groups is 11. The van der Waals surface area contributed by atoms with Gasteiger partial charge in [-0.05, 0) is 0 Å². The first-order valence-corrected chi connectivity index (χ1v) is 20.3. The summed E-state index contributed by atoms with van der Waals surface area (Å²) in [7, 11) is 0. The van der Waals surface area contributed by atoms with Crippen LogP contribution in [0, 0.1) is 0 Å². The molecule has 0 spiro atoms. The largest absolute Gasteiger partial charge is 0.463 e. The van der Waals surface area contributed by atoms with Crippen molar-refractivity contribution < 1.29 is 129 Å². The van der Waals surface area contributed by atoms with Crippen LogP contribution in [0.2, 0.25) is 0 Å². The third kappa shape index (κ3) is 17.0. The van der Waals surface area contributed by atoms with Gasteiger partial charge >= 0.3 is 65.7 Å². The third-order valence-electron chi connectivity index (χ3n) is 9.11. The summed E-state index contributed by atoms with van der Waals surface area (Å²) in [6.07, 6.45) is -27.7. The van der Waals surface area contributed by atoms with E-state index in [1.165, 1.54) is 0 Å². The average molecular weight is 967 g/mol. The molecule has 0 amide bonds. The van der Waals surface area contributed by atoms with Crippen LogP contribution < -0.4 is 0 Å². The van der Waals surface area contributed by atoms with Gasteiger partial charge in [-0.1, -0.05) is 0 Å². The maximum Gasteiger partial charge on any atom is 0.305 e. The normalized spacial score (nSPS) is 31.2. The molecule has 15 atom stereocenters. The number of esters is 11. The summed E-state index contributed by atoms with van der Waals surface area (Å²) in [5, 5.41) is 0. The van der Waals surface area contributed by atoms with E-state index in [0.29, 0.717) is 0 Å². The Labute approximate surface area is 382 Å². The van der Waals surface area contributed by atoms with Gasteiger partial charge in [-0.3, -0.25) is 52.7 Å². The lowest BCUT2D eigenvalue weighted by molar-refractivity contribution is -0.379. The molecule has 0 N–H and O–H groups in total. The highest BCUT2D eigenvalue weighted by molar-refractivity contribution is 5.70. The van der Waals surface area contributed by atoms with Crippen molar-refractivity contribution in [1.82, 2.24) is 0 Å². The van der Waals surface area contributed by atoms with Crippen LogP contribution in [0.3, 0.4) is 0 Å². The van der Waals surface area contributed by atoms with Crippen LogP contribution in [-0.2, 0) is 129 Å². The minimum atomic E-state index is -2.10. The zero-order chi connectivity index (χ0) is 50.4. The van der Waals surface area contributed by atoms with Gasteiger partial charge in [-0.15, -0.1) is 0 Å². The molecule has 376 valence electrons. The topological polar surface area (TPSA) is 335 Å². The van der Waals surface area contributed by atoms with Gasteiger partial charge in [-0.25, -0.2) is 0 Å². The van der Waals surface area contributed by atoms with Crippen molar-refractivity contribution >= 4 is 65.7 Å². The SMILES string of the molecule is CC(=O)OC[C@H]1O[C@@H](O[C@H]2[C@@H](OC(C)=O)[C@@H](COC(C)=O)O[C@@H](O[C@H]3[C@H](OC(C)=O)[C@@H](OC(C)=O)[C@@H](OC(C)=O)O[C@@H]3COC(C)=O)[C@@H]2OC(C)=O)[C@H](OC(C)=O)[C@@H](OC(C)=O)[C@H]1OC(C)=O. The zero-order valence-electron chi connectivity index (χ0n) is 38.3. The minimum Gasteiger partial charge on any atom is -0.463 e. The van der Waals surface area contributed by atoms with Crippen molar-refractivity contribution in [2.45, 2.75) is 168 Å². The molecule has 0 saturated carbocycles. The third-order valence-corrected chi connectivity index (χ3v) is 9.11. The Hall–Kier alpha value is -6.03. The molecule has 0 aromatic heterocycles. The molecule has 27 nitrogen and oxygen atoms in total. The van der Waals surface area contributed by atoms with Crippen molar-refractivity contribution in [3.05, 3.63) is 0 Å². The van der Waals surface area contributed by atoms with Crippen molar-refractivity contribution in [1.29, 1.82) is 0 Å². The molecular formula is C40H54O27. The second kappa shape index (κ2) is 25.2. The predicted molar refractivity (Wildman–Crippen MR) is 206 cm³/mol. The highest BCUT2D eigenvalue weighted by Crippen LogP contribution is 2.38. The van der Waals surface area contributed by atoms with Crippen LogP contribution in [0.1, 0.15) is 76.2 Å². The molecule has 3 aliphatic heterocycles. The molecule has 3 fully saturated rings. The smallest absolute Gasteiger partial charge is 0.305 e. The lowest BCUT2D eigenvalue weighted by atomic mass is 9.95. The first-order valence-electron chi connectivity index (χ1n) is 20.3. The summed E-state index contributed by atoms with van der Waals surface area (Å²) in [4.78, 5) is 137. The van der Waals surface area contributed by atoms with Crippen molar-refractivity contribution in [3.63, 3.8) is 0 Å². The van der Waals surface area contributed by atoms with Gasteiger partial charge in [0.15, 0.2) is 49.2 Å². The van der Waals surface area contributed by atoms with E-state index in [2.05, 4.69) is 0 Å². The first-order chi connectivity index (χ1) is 31.3. The van der Waals surface area contributed by atoms with Gasteiger partial charge in [0.2, 0.25) is 12.4 Å². The molecule has 0 radical (unpaired) electrons. The Kier molecular flexibility index (Phi) is 20.8. The molecular weight excluding hydrogens is 912 g/mol. The quantitative estimate of drug-likeness (QED) is 0.114. The van der Waals surface area contributed by atoms with E-state index < -0.39 is 178 Å². The van der Waals surface area contributed by atoms with E-state index in [1.807, 2.05) is 0 Å². The van der Waals surface area contributed by atoms with Crippen LogP contribution in [0.15, 0.2) is 0 Å². The van der Waals surface area contributed by atoms with Crippen LogP contribution in [0.4, 0.5) is 0 Å². The van der Waals surface area contributed by atoms with Gasteiger partial charge in [0.25, 0.3) is 0 Å². The van der Waals surface area contributed by atoms with Gasteiger partial charge in [-0.2, -0.15) is 0 Å². The van der Waals surface area contributed by atoms with E-state index >= 15 is 0 Å². The van der Waals surface area contributed by atoms with Crippen LogP contribution in [0.5, 0.6) is 0 Å². The minimum absolute atomic E-state index is 0.714. The second-order valence-electron chi connectivity index (χ2n) is 14.9. The van der Waals surface area contributed by atoms with Gasteiger partial charge in [0.1, 0.15) is 50.3 Å². The zero-order valence-corrected chi connectivity index (χ0v) is 38.3. The summed E-state index contributed by atoms with van der Waals surface area (Å²) in [6, 6.07) is 0. The fourth-order valence-electron chi connectivity index (χ4n) is 7.01. The number of hydrogen-bond donors (Lipinski definition) is 0. The predicted octanol–water partition coefficient (Wildman–Crippen LogP) is -1.29. The fourth-order valence-corrected chi connectivity index (χ4v) is 7.01. The molecule has 67 heavy (non-hydrogen) atoms. The average Bonchev–Trinajstić information content (AvgIpc) is 3.17. The summed E-state index contributed by atoms with van der Waals surface area (Å²) >= 11 is 0. The molecule has 27 heteroatoms. The van der Waals surface area contributed by atoms with E-state index in [4.69, 9.17) is 75.8 Å². The fraction of sp³-hybridized carbons (Fsp3) is 0.725. The first kappa shape index (κ1) is 55.3. The van der Waals surface area contributed by atoms with Crippen molar-refractivity contribution in [2.75, 3.05) is 19.8 Å². The summed E-state index contributed by atoms with van der Waals surface area (Å²) in [5.41, 5.74) is 0. The molecule has 3 rings (SSSR count). The summed E-state index contributed by atoms with van der Waals surface area (Å²) in [5.74, 6) is -10.7. The van der Waals surface area contributed by atoms with E-state index in [-0.39, 0.29) is 0 Å². The second-order valence-corrected chi connectivity index (χ2v) is 14.9. The monoisotopic (exact) mass is 966 g/mol. The maximum atomic E-state index is 13.0. The number of ether oxygens (including phenoxy) is 16. The van der Waals surface area contributed by atoms with E-state index in [1.54, 1.807) is 0 Å². The van der Waals surface area contributed by atoms with Crippen LogP contribution >= 0.6 is 0 Å². The Balaban J connectivity index is 2.37. The van der Waals surface area contributed by atoms with Crippen molar-refractivity contribution in [3.8, 4) is 0 Å². The van der Waals surface area contributed by atoms with Gasteiger partial charge in [0, 0.05) is 76.2 Å². The Morgan fingerprint density at radius 3 is 0.851 bits per heavy atom. The Morgan fingerprint density at radius 2 is 0.507 bits per heavy atom. The van der Waals surface area contributed by atoms with Crippen LogP contribution in [-0.4, -0.2) is 178 Å². The maximum absolute atomic E-state index is 13.0. The molecule has 0 bridgehead atoms. The highest BCUT2D eigenvalue weighted by Gasteiger charge is 2.60. The molecule has 3 heterocycles. The van der Waals surface area contributed by atoms with Crippen LogP contribution in [0.25, 0.3) is 0 Å². The Bertz CT molecular complexity index is 1850. The van der Waals surface area contributed by atoms with Crippen molar-refractivity contribution in [2.24, 2.45) is 0 Å². The molecule has 0 aliphatic carbocycles. The standard InChI is InChI=1S/C40H54O27/c1-15(41)52-12-26-29(55-18(4)44)32(57-20(6)46)36(60-23(9)49)40(65-26)67-34-30(56-19(5)45)27(13-53-16(2)42)64-39(37(34)61-24(10)50)66-31-28(14-54-17(3)43)63-38(62-25(11)51)35(59-22(8)48)33(31)58-21(7)47/h26-40H,12-14H2,1-11H3/t26-,27-,28-,29+,30+,31-,32+,33+,34+,35-,36-,37-,38+,39+,40+/m1/s1. The Morgan fingerprint density at radius 1 is 0.269 bits per heavy atom. The number of rotatable bonds is 18. The lowest BCUT2D eigenvalue weighted by Crippen LogP contribution is -2.69.